The van der Waals surface area contributed by atoms with E-state index < -0.39 is 0 Å². The van der Waals surface area contributed by atoms with Gasteiger partial charge in [0, 0.05) is 12.1 Å². The molecule has 0 unspecified atom stereocenters. The third-order valence-electron chi connectivity index (χ3n) is 3.36. The summed E-state index contributed by atoms with van der Waals surface area (Å²) in [5.74, 6) is 0.369. The number of nitrogens with two attached hydrogens (primary N) is 1. The van der Waals surface area contributed by atoms with Gasteiger partial charge in [-0.2, -0.15) is 0 Å². The molecule has 22 heavy (non-hydrogen) atoms. The van der Waals surface area contributed by atoms with Gasteiger partial charge in [0.15, 0.2) is 0 Å². The molecule has 0 atom stereocenters. The summed E-state index contributed by atoms with van der Waals surface area (Å²) in [7, 11) is 1.59. The van der Waals surface area contributed by atoms with Crippen molar-refractivity contribution in [1.29, 1.82) is 0 Å². The molecular formula is C16H15FN4O. The lowest BCUT2D eigenvalue weighted by Crippen LogP contribution is -2.04. The molecule has 3 aromatic rings. The van der Waals surface area contributed by atoms with Crippen molar-refractivity contribution >= 4 is 0 Å². The molecule has 0 radical (unpaired) electrons. The van der Waals surface area contributed by atoms with Gasteiger partial charge in [-0.25, -0.2) is 9.07 Å². The number of rotatable bonds is 4. The molecule has 2 aromatic carbocycles. The van der Waals surface area contributed by atoms with Crippen molar-refractivity contribution in [2.75, 3.05) is 7.11 Å². The fraction of sp³-hybridized carbons (Fsp3) is 0.125. The fourth-order valence-electron chi connectivity index (χ4n) is 2.32. The summed E-state index contributed by atoms with van der Waals surface area (Å²) in [6, 6.07) is 13.6. The van der Waals surface area contributed by atoms with Crippen LogP contribution >= 0.6 is 0 Å². The second-order valence-corrected chi connectivity index (χ2v) is 4.68. The normalized spacial score (nSPS) is 10.7. The second kappa shape index (κ2) is 5.95. The first kappa shape index (κ1) is 14.2. The zero-order valence-corrected chi connectivity index (χ0v) is 12.0. The Balaban J connectivity index is 2.21. The molecule has 6 heteroatoms. The van der Waals surface area contributed by atoms with E-state index >= 15 is 0 Å². The van der Waals surface area contributed by atoms with E-state index in [4.69, 9.17) is 10.5 Å². The molecule has 0 fully saturated rings. The maximum atomic E-state index is 13.2. The number of hydrogen-bond acceptors (Lipinski definition) is 4. The number of halogens is 1. The van der Waals surface area contributed by atoms with Gasteiger partial charge in [0.1, 0.15) is 22.9 Å². The van der Waals surface area contributed by atoms with Gasteiger partial charge in [-0.15, -0.1) is 5.10 Å². The van der Waals surface area contributed by atoms with Crippen molar-refractivity contribution in [3.05, 3.63) is 60.0 Å². The first-order valence-corrected chi connectivity index (χ1v) is 6.78. The van der Waals surface area contributed by atoms with E-state index in [1.54, 1.807) is 23.9 Å². The molecule has 1 aromatic heterocycles. The Morgan fingerprint density at radius 3 is 2.55 bits per heavy atom. The van der Waals surface area contributed by atoms with Crippen molar-refractivity contribution < 1.29 is 9.13 Å². The zero-order valence-electron chi connectivity index (χ0n) is 12.0. The molecule has 0 aliphatic rings. The number of para-hydroxylation sites is 2. The smallest absolute Gasteiger partial charge is 0.144 e. The van der Waals surface area contributed by atoms with Crippen LogP contribution < -0.4 is 10.5 Å². The largest absolute Gasteiger partial charge is 0.494 e. The van der Waals surface area contributed by atoms with E-state index in [2.05, 4.69) is 10.3 Å². The molecular weight excluding hydrogens is 283 g/mol. The SMILES string of the molecule is COc1ccccc1-n1nnc(CN)c1-c1ccc(F)cc1. The average Bonchev–Trinajstić information content (AvgIpc) is 2.99. The van der Waals surface area contributed by atoms with Crippen molar-refractivity contribution in [3.8, 4) is 22.7 Å². The minimum Gasteiger partial charge on any atom is -0.494 e. The molecule has 0 amide bonds. The molecule has 1 heterocycles. The van der Waals surface area contributed by atoms with Crippen LogP contribution in [0.1, 0.15) is 5.69 Å². The third kappa shape index (κ3) is 2.44. The Morgan fingerprint density at radius 2 is 1.86 bits per heavy atom. The van der Waals surface area contributed by atoms with Crippen LogP contribution in [-0.2, 0) is 6.54 Å². The van der Waals surface area contributed by atoms with E-state index in [-0.39, 0.29) is 12.4 Å². The lowest BCUT2D eigenvalue weighted by molar-refractivity contribution is 0.411. The Morgan fingerprint density at radius 1 is 1.14 bits per heavy atom. The van der Waals surface area contributed by atoms with Crippen LogP contribution in [0.4, 0.5) is 4.39 Å². The number of methoxy groups -OCH3 is 1. The maximum absolute atomic E-state index is 13.2. The van der Waals surface area contributed by atoms with Crippen LogP contribution in [0, 0.1) is 5.82 Å². The van der Waals surface area contributed by atoms with E-state index in [0.29, 0.717) is 11.4 Å². The molecule has 3 rings (SSSR count). The Bertz CT molecular complexity index is 783. The van der Waals surface area contributed by atoms with E-state index in [1.807, 2.05) is 24.3 Å². The zero-order chi connectivity index (χ0) is 15.5. The quantitative estimate of drug-likeness (QED) is 0.804. The molecule has 2 N–H and O–H groups in total. The van der Waals surface area contributed by atoms with Gasteiger partial charge < -0.3 is 10.5 Å². The molecule has 0 spiro atoms. The Hall–Kier alpha value is -2.73. The highest BCUT2D eigenvalue weighted by molar-refractivity contribution is 5.65. The molecule has 0 saturated heterocycles. The standard InChI is InChI=1S/C16H15FN4O/c1-22-15-5-3-2-4-14(15)21-16(13(10-18)19-20-21)11-6-8-12(17)9-7-11/h2-9H,10,18H2,1H3. The number of benzene rings is 2. The van der Waals surface area contributed by atoms with Crippen LogP contribution in [0.5, 0.6) is 5.75 Å². The fourth-order valence-corrected chi connectivity index (χ4v) is 2.32. The summed E-state index contributed by atoms with van der Waals surface area (Å²) in [6.07, 6.45) is 0. The molecule has 0 saturated carbocycles. The van der Waals surface area contributed by atoms with Crippen molar-refractivity contribution in [2.45, 2.75) is 6.54 Å². The maximum Gasteiger partial charge on any atom is 0.144 e. The first-order chi connectivity index (χ1) is 10.7. The predicted octanol–water partition coefficient (Wildman–Crippen LogP) is 2.54. The van der Waals surface area contributed by atoms with E-state index in [9.17, 15) is 4.39 Å². The lowest BCUT2D eigenvalue weighted by atomic mass is 10.1. The summed E-state index contributed by atoms with van der Waals surface area (Å²) in [4.78, 5) is 0. The monoisotopic (exact) mass is 298 g/mol. The molecule has 5 nitrogen and oxygen atoms in total. The molecule has 112 valence electrons. The molecule has 0 bridgehead atoms. The topological polar surface area (TPSA) is 66.0 Å². The summed E-state index contributed by atoms with van der Waals surface area (Å²) < 4.78 is 20.2. The highest BCUT2D eigenvalue weighted by Crippen LogP contribution is 2.29. The highest BCUT2D eigenvalue weighted by atomic mass is 19.1. The van der Waals surface area contributed by atoms with Crippen molar-refractivity contribution in [2.24, 2.45) is 5.73 Å². The van der Waals surface area contributed by atoms with Crippen LogP contribution in [0.25, 0.3) is 16.9 Å². The van der Waals surface area contributed by atoms with Gasteiger partial charge in [0.05, 0.1) is 12.8 Å². The van der Waals surface area contributed by atoms with Gasteiger partial charge >= 0.3 is 0 Å². The van der Waals surface area contributed by atoms with Gasteiger partial charge in [0.25, 0.3) is 0 Å². The number of nitrogens with zero attached hydrogens (tertiary/aromatic N) is 3. The van der Waals surface area contributed by atoms with Crippen molar-refractivity contribution in [3.63, 3.8) is 0 Å². The van der Waals surface area contributed by atoms with Crippen LogP contribution in [0.15, 0.2) is 48.5 Å². The summed E-state index contributed by atoms with van der Waals surface area (Å²) in [6.45, 7) is 0.238. The second-order valence-electron chi connectivity index (χ2n) is 4.68. The number of hydrogen-bond donors (Lipinski definition) is 1. The van der Waals surface area contributed by atoms with Crippen LogP contribution in [0.3, 0.4) is 0 Å². The number of ether oxygens (including phenoxy) is 1. The van der Waals surface area contributed by atoms with Crippen molar-refractivity contribution in [1.82, 2.24) is 15.0 Å². The van der Waals surface area contributed by atoms with Gasteiger partial charge in [-0.05, 0) is 36.4 Å². The van der Waals surface area contributed by atoms with Crippen LogP contribution in [-0.4, -0.2) is 22.1 Å². The Labute approximate surface area is 127 Å². The predicted molar refractivity (Wildman–Crippen MR) is 81.2 cm³/mol. The molecule has 0 aliphatic carbocycles. The minimum atomic E-state index is -0.297. The summed E-state index contributed by atoms with van der Waals surface area (Å²) in [5.41, 5.74) is 8.66. The molecule has 0 aliphatic heterocycles. The summed E-state index contributed by atoms with van der Waals surface area (Å²) in [5, 5.41) is 8.30. The van der Waals surface area contributed by atoms with E-state index in [0.717, 1.165) is 16.9 Å². The Kier molecular flexibility index (Phi) is 3.84. The van der Waals surface area contributed by atoms with Gasteiger partial charge in [0.2, 0.25) is 0 Å². The first-order valence-electron chi connectivity index (χ1n) is 6.78. The van der Waals surface area contributed by atoms with Gasteiger partial charge in [-0.1, -0.05) is 17.3 Å². The summed E-state index contributed by atoms with van der Waals surface area (Å²) >= 11 is 0. The third-order valence-corrected chi connectivity index (χ3v) is 3.36. The van der Waals surface area contributed by atoms with Gasteiger partial charge in [-0.3, -0.25) is 0 Å². The van der Waals surface area contributed by atoms with E-state index in [1.165, 1.54) is 12.1 Å². The minimum absolute atomic E-state index is 0.238. The van der Waals surface area contributed by atoms with Crippen LogP contribution in [0.2, 0.25) is 0 Å². The highest BCUT2D eigenvalue weighted by Gasteiger charge is 2.17. The number of aromatic nitrogens is 3. The lowest BCUT2D eigenvalue weighted by Gasteiger charge is -2.11. The average molecular weight is 298 g/mol.